The van der Waals surface area contributed by atoms with E-state index in [1.54, 1.807) is 0 Å². The summed E-state index contributed by atoms with van der Waals surface area (Å²) in [6.45, 7) is 0.498. The monoisotopic (exact) mass is 274 g/mol. The summed E-state index contributed by atoms with van der Waals surface area (Å²) in [5.74, 6) is 2.12. The summed E-state index contributed by atoms with van der Waals surface area (Å²) in [6.07, 6.45) is 5.05. The molecule has 1 amide bonds. The Hall–Kier alpha value is -1.55. The lowest BCUT2D eigenvalue weighted by molar-refractivity contribution is -0.124. The van der Waals surface area contributed by atoms with Gasteiger partial charge in [0.05, 0.1) is 0 Å². The van der Waals surface area contributed by atoms with Crippen LogP contribution in [0.3, 0.4) is 0 Å². The fourth-order valence-electron chi connectivity index (χ4n) is 2.72. The molecule has 3 N–H and O–H groups in total. The molecule has 0 bridgehead atoms. The molecule has 0 radical (unpaired) electrons. The Labute approximate surface area is 119 Å². The fraction of sp³-hybridized carbons (Fsp3) is 0.562. The quantitative estimate of drug-likeness (QED) is 0.797. The summed E-state index contributed by atoms with van der Waals surface area (Å²) in [5.41, 5.74) is 6.58. The van der Waals surface area contributed by atoms with Gasteiger partial charge in [-0.25, -0.2) is 0 Å². The van der Waals surface area contributed by atoms with Gasteiger partial charge in [-0.15, -0.1) is 0 Å². The molecule has 1 aromatic rings. The van der Waals surface area contributed by atoms with Crippen molar-refractivity contribution in [1.82, 2.24) is 5.32 Å². The van der Waals surface area contributed by atoms with Crippen LogP contribution in [-0.4, -0.2) is 18.6 Å². The second kappa shape index (κ2) is 5.83. The van der Waals surface area contributed by atoms with Gasteiger partial charge in [-0.1, -0.05) is 18.2 Å². The number of hydrogen-bond donors (Lipinski definition) is 2. The number of carbonyl (C=O) groups excluding carboxylic acids is 1. The van der Waals surface area contributed by atoms with Crippen molar-refractivity contribution in [3.8, 4) is 5.75 Å². The maximum Gasteiger partial charge on any atom is 0.258 e. The van der Waals surface area contributed by atoms with Crippen LogP contribution in [0.25, 0.3) is 0 Å². The van der Waals surface area contributed by atoms with Crippen molar-refractivity contribution in [3.05, 3.63) is 29.8 Å². The number of para-hydroxylation sites is 1. The molecule has 0 saturated heterocycles. The summed E-state index contributed by atoms with van der Waals surface area (Å²) < 4.78 is 5.60. The molecule has 20 heavy (non-hydrogen) atoms. The third-order valence-electron chi connectivity index (χ3n) is 4.14. The minimum Gasteiger partial charge on any atom is -0.483 e. The zero-order valence-corrected chi connectivity index (χ0v) is 11.7. The minimum absolute atomic E-state index is 0.0133. The molecule has 4 heteroatoms. The topological polar surface area (TPSA) is 64.3 Å². The van der Waals surface area contributed by atoms with E-state index in [-0.39, 0.29) is 12.5 Å². The molecule has 2 aliphatic carbocycles. The highest BCUT2D eigenvalue weighted by Crippen LogP contribution is 2.44. The maximum atomic E-state index is 12.0. The van der Waals surface area contributed by atoms with Crippen LogP contribution in [0.5, 0.6) is 5.75 Å². The van der Waals surface area contributed by atoms with Crippen molar-refractivity contribution in [2.45, 2.75) is 38.3 Å². The average molecular weight is 274 g/mol. The summed E-state index contributed by atoms with van der Waals surface area (Å²) in [7, 11) is 0. The number of ether oxygens (including phenoxy) is 1. The smallest absolute Gasteiger partial charge is 0.258 e. The highest BCUT2D eigenvalue weighted by Gasteiger charge is 2.42. The van der Waals surface area contributed by atoms with Gasteiger partial charge in [-0.3, -0.25) is 4.79 Å². The van der Waals surface area contributed by atoms with Gasteiger partial charge in [0.25, 0.3) is 5.91 Å². The Balaban J connectivity index is 1.51. The molecule has 0 aromatic heterocycles. The van der Waals surface area contributed by atoms with Crippen molar-refractivity contribution < 1.29 is 9.53 Å². The highest BCUT2D eigenvalue weighted by atomic mass is 16.5. The molecule has 0 spiro atoms. The molecule has 2 aliphatic rings. The van der Waals surface area contributed by atoms with Crippen LogP contribution in [0.4, 0.5) is 0 Å². The number of amides is 1. The van der Waals surface area contributed by atoms with Crippen molar-refractivity contribution in [3.63, 3.8) is 0 Å². The first kappa shape index (κ1) is 13.4. The van der Waals surface area contributed by atoms with Gasteiger partial charge in [0.1, 0.15) is 5.75 Å². The maximum absolute atomic E-state index is 12.0. The molecule has 0 unspecified atom stereocenters. The van der Waals surface area contributed by atoms with Gasteiger partial charge in [0.2, 0.25) is 0 Å². The van der Waals surface area contributed by atoms with Crippen LogP contribution in [0.1, 0.15) is 31.2 Å². The minimum atomic E-state index is -0.0133. The first-order valence-corrected chi connectivity index (χ1v) is 7.48. The molecular formula is C16H22N2O2. The zero-order chi connectivity index (χ0) is 13.9. The van der Waals surface area contributed by atoms with E-state index in [2.05, 4.69) is 5.32 Å². The van der Waals surface area contributed by atoms with Crippen molar-refractivity contribution in [1.29, 1.82) is 0 Å². The number of rotatable bonds is 7. The molecule has 2 fully saturated rings. The Morgan fingerprint density at radius 1 is 1.25 bits per heavy atom. The Morgan fingerprint density at radius 2 is 1.90 bits per heavy atom. The van der Waals surface area contributed by atoms with Gasteiger partial charge in [0.15, 0.2) is 6.61 Å². The normalized spacial score (nSPS) is 18.1. The van der Waals surface area contributed by atoms with Crippen LogP contribution in [0.15, 0.2) is 24.3 Å². The van der Waals surface area contributed by atoms with E-state index < -0.39 is 0 Å². The summed E-state index contributed by atoms with van der Waals surface area (Å²) >= 11 is 0. The number of carbonyl (C=O) groups is 1. The van der Waals surface area contributed by atoms with E-state index in [9.17, 15) is 4.79 Å². The van der Waals surface area contributed by atoms with E-state index >= 15 is 0 Å². The van der Waals surface area contributed by atoms with Gasteiger partial charge >= 0.3 is 0 Å². The number of nitrogens with one attached hydrogen (secondary N) is 1. The first-order valence-electron chi connectivity index (χ1n) is 7.48. The Bertz CT molecular complexity index is 469. The molecular weight excluding hydrogens is 252 g/mol. The van der Waals surface area contributed by atoms with Gasteiger partial charge in [0, 0.05) is 18.2 Å². The van der Waals surface area contributed by atoms with Crippen molar-refractivity contribution in [2.75, 3.05) is 6.61 Å². The van der Waals surface area contributed by atoms with Crippen molar-refractivity contribution in [2.24, 2.45) is 17.6 Å². The fourth-order valence-corrected chi connectivity index (χ4v) is 2.72. The molecule has 0 aliphatic heterocycles. The van der Waals surface area contributed by atoms with Crippen molar-refractivity contribution >= 4 is 5.91 Å². The van der Waals surface area contributed by atoms with E-state index in [0.717, 1.165) is 5.56 Å². The van der Waals surface area contributed by atoms with Crippen LogP contribution >= 0.6 is 0 Å². The molecule has 1 aromatic carbocycles. The highest BCUT2D eigenvalue weighted by molar-refractivity contribution is 5.78. The van der Waals surface area contributed by atoms with Crippen LogP contribution < -0.4 is 15.8 Å². The summed E-state index contributed by atoms with van der Waals surface area (Å²) in [4.78, 5) is 12.0. The molecule has 4 nitrogen and oxygen atoms in total. The molecule has 0 heterocycles. The zero-order valence-electron chi connectivity index (χ0n) is 11.7. The van der Waals surface area contributed by atoms with Gasteiger partial charge in [-0.05, 0) is 43.6 Å². The molecule has 108 valence electrons. The summed E-state index contributed by atoms with van der Waals surface area (Å²) in [5, 5.41) is 3.15. The third-order valence-corrected chi connectivity index (χ3v) is 4.14. The van der Waals surface area contributed by atoms with Gasteiger partial charge < -0.3 is 15.8 Å². The SMILES string of the molecule is NCc1ccccc1OCC(=O)NC(C1CC1)C1CC1. The number of nitrogens with two attached hydrogens (primary N) is 1. The van der Waals surface area contributed by atoms with Crippen LogP contribution in [0.2, 0.25) is 0 Å². The lowest BCUT2D eigenvalue weighted by Gasteiger charge is -2.18. The van der Waals surface area contributed by atoms with Crippen LogP contribution in [-0.2, 0) is 11.3 Å². The van der Waals surface area contributed by atoms with E-state index in [0.29, 0.717) is 30.2 Å². The van der Waals surface area contributed by atoms with Gasteiger partial charge in [-0.2, -0.15) is 0 Å². The second-order valence-electron chi connectivity index (χ2n) is 5.87. The lowest BCUT2D eigenvalue weighted by Crippen LogP contribution is -2.40. The van der Waals surface area contributed by atoms with Crippen LogP contribution in [0, 0.1) is 11.8 Å². The first-order chi connectivity index (χ1) is 9.78. The molecule has 0 atom stereocenters. The predicted octanol–water partition coefficient (Wildman–Crippen LogP) is 1.83. The molecule has 3 rings (SSSR count). The average Bonchev–Trinajstić information content (AvgIpc) is 3.35. The number of hydrogen-bond acceptors (Lipinski definition) is 3. The predicted molar refractivity (Wildman–Crippen MR) is 77.2 cm³/mol. The van der Waals surface area contributed by atoms with E-state index in [4.69, 9.17) is 10.5 Å². The summed E-state index contributed by atoms with van der Waals surface area (Å²) in [6, 6.07) is 7.98. The number of benzene rings is 1. The standard InChI is InChI=1S/C16H22N2O2/c17-9-13-3-1-2-4-14(13)20-10-15(19)18-16(11-5-6-11)12-7-8-12/h1-4,11-12,16H,5-10,17H2,(H,18,19). The lowest BCUT2D eigenvalue weighted by atomic mass is 10.1. The Kier molecular flexibility index (Phi) is 3.92. The second-order valence-corrected chi connectivity index (χ2v) is 5.87. The largest absolute Gasteiger partial charge is 0.483 e. The van der Waals surface area contributed by atoms with E-state index in [1.165, 1.54) is 25.7 Å². The molecule has 2 saturated carbocycles. The van der Waals surface area contributed by atoms with E-state index in [1.807, 2.05) is 24.3 Å². The third kappa shape index (κ3) is 3.31. The Morgan fingerprint density at radius 3 is 2.50 bits per heavy atom.